The highest BCUT2D eigenvalue weighted by Crippen LogP contribution is 2.31. The molecule has 0 radical (unpaired) electrons. The number of urea groups is 1. The minimum absolute atomic E-state index is 0. The Bertz CT molecular complexity index is 1730. The summed E-state index contributed by atoms with van der Waals surface area (Å²) in [5, 5.41) is 17.4. The highest BCUT2D eigenvalue weighted by Gasteiger charge is 2.51. The van der Waals surface area contributed by atoms with Gasteiger partial charge in [-0.15, -0.1) is 6.58 Å². The Morgan fingerprint density at radius 1 is 1.02 bits per heavy atom. The van der Waals surface area contributed by atoms with Crippen molar-refractivity contribution in [2.24, 2.45) is 0 Å². The van der Waals surface area contributed by atoms with Crippen LogP contribution in [0.3, 0.4) is 0 Å². The number of pyridine rings is 1. The summed E-state index contributed by atoms with van der Waals surface area (Å²) in [6.07, 6.45) is 2.75. The van der Waals surface area contributed by atoms with Crippen molar-refractivity contribution >= 4 is 40.3 Å². The van der Waals surface area contributed by atoms with Gasteiger partial charge in [0.2, 0.25) is 11.8 Å². The molecule has 11 heteroatoms. The molecule has 2 N–H and O–H groups in total. The third-order valence-corrected chi connectivity index (χ3v) is 8.52. The fraction of sp³-hybridized carbons (Fsp3) is 0.257. The predicted octanol–water partition coefficient (Wildman–Crippen LogP) is 4.97. The average Bonchev–Trinajstić information content (AvgIpc) is 3.05. The van der Waals surface area contributed by atoms with Crippen molar-refractivity contribution in [2.45, 2.75) is 39.1 Å². The van der Waals surface area contributed by atoms with Crippen LogP contribution in [0.4, 0.5) is 4.79 Å². The molecular weight excluding hydrogens is 604 g/mol. The van der Waals surface area contributed by atoms with Crippen molar-refractivity contribution in [1.29, 1.82) is 0 Å². The maximum atomic E-state index is 14.3. The van der Waals surface area contributed by atoms with Crippen LogP contribution in [0, 0.1) is 0 Å². The van der Waals surface area contributed by atoms with Gasteiger partial charge in [-0.3, -0.25) is 14.6 Å². The van der Waals surface area contributed by atoms with Gasteiger partial charge in [-0.2, -0.15) is 0 Å². The lowest BCUT2D eigenvalue weighted by Gasteiger charge is -2.55. The van der Waals surface area contributed by atoms with Gasteiger partial charge in [0.25, 0.3) is 0 Å². The number of nitrogens with one attached hydrogen (secondary N) is 1. The molecule has 3 heterocycles. The van der Waals surface area contributed by atoms with Crippen LogP contribution in [0.1, 0.15) is 24.1 Å². The summed E-state index contributed by atoms with van der Waals surface area (Å²) < 4.78 is 0. The number of aromatic hydroxyl groups is 1. The minimum Gasteiger partial charge on any atom is -0.508 e. The number of aromatic nitrogens is 1. The molecule has 4 aromatic rings. The summed E-state index contributed by atoms with van der Waals surface area (Å²) in [7, 11) is 0. The van der Waals surface area contributed by atoms with Crippen molar-refractivity contribution < 1.29 is 19.5 Å². The molecular formula is C35H37ClN6O4. The summed E-state index contributed by atoms with van der Waals surface area (Å²) in [6.45, 7) is 4.59. The first-order valence-electron chi connectivity index (χ1n) is 14.7. The number of phenols is 1. The number of hydrogen-bond acceptors (Lipinski definition) is 6. The van der Waals surface area contributed by atoms with Gasteiger partial charge in [-0.1, -0.05) is 73.6 Å². The number of piperazine rings is 1. The van der Waals surface area contributed by atoms with Crippen LogP contribution in [0.2, 0.25) is 5.02 Å². The van der Waals surface area contributed by atoms with E-state index in [1.165, 1.54) is 0 Å². The third kappa shape index (κ3) is 6.54. The topological polar surface area (TPSA) is 109 Å². The number of carbonyl (C=O) groups excluding carboxylic acids is 3. The highest BCUT2D eigenvalue weighted by molar-refractivity contribution is 6.35. The van der Waals surface area contributed by atoms with Crippen molar-refractivity contribution in [2.75, 3.05) is 19.6 Å². The van der Waals surface area contributed by atoms with Gasteiger partial charge in [0.15, 0.2) is 0 Å². The molecule has 0 unspecified atom stereocenters. The zero-order valence-corrected chi connectivity index (χ0v) is 25.3. The van der Waals surface area contributed by atoms with E-state index in [4.69, 9.17) is 11.6 Å². The van der Waals surface area contributed by atoms with Crippen LogP contribution in [0.5, 0.6) is 5.75 Å². The van der Waals surface area contributed by atoms with E-state index in [2.05, 4.69) is 16.9 Å². The standard InChI is InChI=1S/C34H33ClN6O4.CH4/c1-2-17-39-22-31(43)40-29(18-23-10-13-26(42)14-11-23)33(44)38(20-25-12-15-28(35)27-9-6-16-36-32(25)27)21-30(40)41(39)34(45)37-19-24-7-4-3-5-8-24;/h2-16,29-30,42H,1,17-22H2,(H,37,45);1H4/t29-,30-;/m0./s1. The number of halogens is 1. The number of nitrogens with zero attached hydrogens (tertiary/aromatic N) is 5. The number of benzene rings is 3. The first-order valence-corrected chi connectivity index (χ1v) is 15.1. The predicted molar refractivity (Wildman–Crippen MR) is 177 cm³/mol. The lowest BCUT2D eigenvalue weighted by atomic mass is 9.98. The molecule has 46 heavy (non-hydrogen) atoms. The van der Waals surface area contributed by atoms with Gasteiger partial charge in [0, 0.05) is 42.7 Å². The summed E-state index contributed by atoms with van der Waals surface area (Å²) in [5.41, 5.74) is 3.18. The average molecular weight is 641 g/mol. The van der Waals surface area contributed by atoms with Gasteiger partial charge in [-0.25, -0.2) is 14.8 Å². The molecule has 2 fully saturated rings. The Morgan fingerprint density at radius 3 is 2.52 bits per heavy atom. The van der Waals surface area contributed by atoms with E-state index in [-0.39, 0.29) is 63.6 Å². The number of carbonyl (C=O) groups is 3. The van der Waals surface area contributed by atoms with Gasteiger partial charge in [0.1, 0.15) is 18.0 Å². The van der Waals surface area contributed by atoms with Gasteiger partial charge in [0.05, 0.1) is 18.6 Å². The largest absolute Gasteiger partial charge is 0.508 e. The summed E-state index contributed by atoms with van der Waals surface area (Å²) in [4.78, 5) is 49.8. The van der Waals surface area contributed by atoms with Gasteiger partial charge in [-0.05, 0) is 47.0 Å². The first-order chi connectivity index (χ1) is 21.8. The molecule has 10 nitrogen and oxygen atoms in total. The molecule has 0 aliphatic carbocycles. The number of hydrogen-bond donors (Lipinski definition) is 2. The van der Waals surface area contributed by atoms with Crippen LogP contribution >= 0.6 is 11.6 Å². The molecule has 0 bridgehead atoms. The Labute approximate surface area is 273 Å². The number of amides is 4. The second-order valence-electron chi connectivity index (χ2n) is 11.1. The first kappa shape index (κ1) is 32.5. The van der Waals surface area contributed by atoms with E-state index in [0.29, 0.717) is 17.1 Å². The molecule has 2 saturated heterocycles. The quantitative estimate of drug-likeness (QED) is 0.264. The molecule has 0 spiro atoms. The molecule has 6 rings (SSSR count). The summed E-state index contributed by atoms with van der Waals surface area (Å²) >= 11 is 6.46. The number of fused-ring (bicyclic) bond motifs is 2. The number of rotatable bonds is 8. The summed E-state index contributed by atoms with van der Waals surface area (Å²) in [5.74, 6) is -0.399. The third-order valence-electron chi connectivity index (χ3n) is 8.19. The second-order valence-corrected chi connectivity index (χ2v) is 11.5. The van der Waals surface area contributed by atoms with Crippen molar-refractivity contribution in [3.8, 4) is 5.75 Å². The van der Waals surface area contributed by atoms with Crippen LogP contribution < -0.4 is 5.32 Å². The molecule has 3 aromatic carbocycles. The van der Waals surface area contributed by atoms with Crippen molar-refractivity contribution in [3.63, 3.8) is 0 Å². The molecule has 2 aliphatic rings. The second kappa shape index (κ2) is 14.0. The van der Waals surface area contributed by atoms with E-state index in [9.17, 15) is 19.5 Å². The Hall–Kier alpha value is -4.93. The van der Waals surface area contributed by atoms with Gasteiger partial charge >= 0.3 is 6.03 Å². The Morgan fingerprint density at radius 2 is 1.78 bits per heavy atom. The Balaban J connectivity index is 0.00000417. The van der Waals surface area contributed by atoms with E-state index in [0.717, 1.165) is 22.1 Å². The van der Waals surface area contributed by atoms with Crippen molar-refractivity contribution in [1.82, 2.24) is 30.1 Å². The molecule has 4 amide bonds. The monoisotopic (exact) mass is 640 g/mol. The number of phenolic OH excluding ortho intramolecular Hbond substituents is 1. The maximum Gasteiger partial charge on any atom is 0.334 e. The smallest absolute Gasteiger partial charge is 0.334 e. The summed E-state index contributed by atoms with van der Waals surface area (Å²) in [6, 6.07) is 22.2. The number of hydrazine groups is 1. The Kier molecular flexibility index (Phi) is 9.89. The molecule has 2 aliphatic heterocycles. The van der Waals surface area contributed by atoms with Crippen LogP contribution in [-0.4, -0.2) is 79.6 Å². The van der Waals surface area contributed by atoms with E-state index in [1.807, 2.05) is 48.5 Å². The zero-order valence-electron chi connectivity index (χ0n) is 24.6. The molecule has 238 valence electrons. The molecule has 1 aromatic heterocycles. The van der Waals surface area contributed by atoms with Gasteiger partial charge < -0.3 is 20.2 Å². The highest BCUT2D eigenvalue weighted by atomic mass is 35.5. The van der Waals surface area contributed by atoms with Crippen LogP contribution in [-0.2, 0) is 29.1 Å². The van der Waals surface area contributed by atoms with E-state index < -0.39 is 12.2 Å². The fourth-order valence-electron chi connectivity index (χ4n) is 6.08. The normalized spacial score (nSPS) is 18.2. The SMILES string of the molecule is C.C=CCN1CC(=O)N2[C@@H](Cc3ccc(O)cc3)C(=O)N(Cc3ccc(Cl)c4cccnc34)C[C@@H]2N1C(=O)NCc1ccccc1. The molecule has 0 saturated carbocycles. The van der Waals surface area contributed by atoms with E-state index in [1.54, 1.807) is 62.4 Å². The minimum atomic E-state index is -0.886. The lowest BCUT2D eigenvalue weighted by Crippen LogP contribution is -2.76. The van der Waals surface area contributed by atoms with E-state index >= 15 is 0 Å². The van der Waals surface area contributed by atoms with Crippen molar-refractivity contribution in [3.05, 3.63) is 119 Å². The molecule has 2 atom stereocenters. The van der Waals surface area contributed by atoms with Crippen LogP contribution in [0.25, 0.3) is 10.9 Å². The maximum absolute atomic E-state index is 14.3. The van der Waals surface area contributed by atoms with Crippen LogP contribution in [0.15, 0.2) is 97.7 Å². The zero-order chi connectivity index (χ0) is 31.5. The fourth-order valence-corrected chi connectivity index (χ4v) is 6.30. The lowest BCUT2D eigenvalue weighted by molar-refractivity contribution is -0.189.